The van der Waals surface area contributed by atoms with Crippen molar-refractivity contribution >= 4 is 13.3 Å². The van der Waals surface area contributed by atoms with Crippen LogP contribution in [0.15, 0.2) is 24.3 Å². The molecular formula is C17H29NOSi. The highest BCUT2D eigenvalue weighted by molar-refractivity contribution is 6.88. The summed E-state index contributed by atoms with van der Waals surface area (Å²) < 4.78 is 0. The van der Waals surface area contributed by atoms with Crippen LogP contribution in [0.25, 0.3) is 0 Å². The third-order valence-electron chi connectivity index (χ3n) is 4.53. The molecule has 1 aliphatic carbocycles. The Bertz CT molecular complexity index is 410. The Morgan fingerprint density at radius 3 is 2.35 bits per heavy atom. The predicted molar refractivity (Wildman–Crippen MR) is 89.1 cm³/mol. The number of hydrogen-bond acceptors (Lipinski definition) is 2. The third-order valence-corrected chi connectivity index (χ3v) is 6.60. The van der Waals surface area contributed by atoms with Gasteiger partial charge in [-0.15, -0.1) is 0 Å². The fraction of sp³-hybridized carbons (Fsp3) is 0.647. The number of benzene rings is 1. The maximum atomic E-state index is 9.45. The van der Waals surface area contributed by atoms with Crippen LogP contribution in [0.1, 0.15) is 31.2 Å². The summed E-state index contributed by atoms with van der Waals surface area (Å²) >= 11 is 0. The van der Waals surface area contributed by atoms with E-state index < -0.39 is 8.07 Å². The molecule has 0 aliphatic heterocycles. The topological polar surface area (TPSA) is 32.3 Å². The summed E-state index contributed by atoms with van der Waals surface area (Å²) in [7, 11) is -1.18. The largest absolute Gasteiger partial charge is 0.396 e. The van der Waals surface area contributed by atoms with Gasteiger partial charge >= 0.3 is 0 Å². The van der Waals surface area contributed by atoms with Crippen LogP contribution in [-0.4, -0.2) is 25.8 Å². The SMILES string of the molecule is C[Si](C)(C)c1ccc(CNC2CCCCC2CO)cc1. The van der Waals surface area contributed by atoms with Gasteiger partial charge in [0.1, 0.15) is 0 Å². The van der Waals surface area contributed by atoms with E-state index in [1.54, 1.807) is 0 Å². The standard InChI is InChI=1S/C17H29NOSi/c1-20(2,3)16-10-8-14(9-11-16)12-18-17-7-5-4-6-15(17)13-19/h8-11,15,17-19H,4-7,12-13H2,1-3H3. The minimum absolute atomic E-state index is 0.326. The van der Waals surface area contributed by atoms with E-state index in [1.165, 1.54) is 36.4 Å². The van der Waals surface area contributed by atoms with E-state index in [2.05, 4.69) is 49.2 Å². The molecule has 1 saturated carbocycles. The highest BCUT2D eigenvalue weighted by atomic mass is 28.3. The smallest absolute Gasteiger partial charge is 0.0775 e. The third kappa shape index (κ3) is 4.17. The van der Waals surface area contributed by atoms with E-state index in [4.69, 9.17) is 0 Å². The maximum absolute atomic E-state index is 9.45. The molecular weight excluding hydrogens is 262 g/mol. The molecule has 0 saturated heterocycles. The average molecular weight is 292 g/mol. The molecule has 2 unspecified atom stereocenters. The first kappa shape index (κ1) is 15.7. The summed E-state index contributed by atoms with van der Waals surface area (Å²) in [6.45, 7) is 8.40. The lowest BCUT2D eigenvalue weighted by Crippen LogP contribution is -2.40. The van der Waals surface area contributed by atoms with Crippen molar-refractivity contribution in [3.63, 3.8) is 0 Å². The second-order valence-electron chi connectivity index (χ2n) is 7.16. The van der Waals surface area contributed by atoms with Gasteiger partial charge < -0.3 is 10.4 Å². The van der Waals surface area contributed by atoms with Gasteiger partial charge in [0, 0.05) is 19.2 Å². The molecule has 112 valence electrons. The van der Waals surface area contributed by atoms with E-state index in [9.17, 15) is 5.11 Å². The molecule has 0 heterocycles. The average Bonchev–Trinajstić information content (AvgIpc) is 2.45. The molecule has 0 radical (unpaired) electrons. The maximum Gasteiger partial charge on any atom is 0.0775 e. The highest BCUT2D eigenvalue weighted by Gasteiger charge is 2.23. The van der Waals surface area contributed by atoms with Gasteiger partial charge in [-0.05, 0) is 24.3 Å². The van der Waals surface area contributed by atoms with Crippen molar-refractivity contribution in [1.82, 2.24) is 5.32 Å². The summed E-state index contributed by atoms with van der Waals surface area (Å²) in [5.74, 6) is 0.449. The zero-order valence-electron chi connectivity index (χ0n) is 13.2. The highest BCUT2D eigenvalue weighted by Crippen LogP contribution is 2.24. The van der Waals surface area contributed by atoms with Gasteiger partial charge in [0.05, 0.1) is 8.07 Å². The van der Waals surface area contributed by atoms with Crippen LogP contribution in [0.5, 0.6) is 0 Å². The summed E-state index contributed by atoms with van der Waals surface area (Å²) in [6, 6.07) is 9.61. The Morgan fingerprint density at radius 2 is 1.75 bits per heavy atom. The molecule has 1 aliphatic rings. The molecule has 3 heteroatoms. The molecule has 2 nitrogen and oxygen atoms in total. The van der Waals surface area contributed by atoms with Crippen molar-refractivity contribution in [2.75, 3.05) is 6.61 Å². The summed E-state index contributed by atoms with van der Waals surface area (Å²) in [4.78, 5) is 0. The second-order valence-corrected chi connectivity index (χ2v) is 12.2. The van der Waals surface area contributed by atoms with Crippen molar-refractivity contribution in [2.24, 2.45) is 5.92 Å². The van der Waals surface area contributed by atoms with Crippen LogP contribution < -0.4 is 10.5 Å². The van der Waals surface area contributed by atoms with E-state index in [1.807, 2.05) is 0 Å². The van der Waals surface area contributed by atoms with Gasteiger partial charge in [-0.2, -0.15) is 0 Å². The van der Waals surface area contributed by atoms with E-state index in [0.29, 0.717) is 18.6 Å². The lowest BCUT2D eigenvalue weighted by Gasteiger charge is -2.31. The van der Waals surface area contributed by atoms with Crippen LogP contribution >= 0.6 is 0 Å². The lowest BCUT2D eigenvalue weighted by atomic mass is 9.85. The first-order valence-electron chi connectivity index (χ1n) is 7.94. The van der Waals surface area contributed by atoms with E-state index >= 15 is 0 Å². The van der Waals surface area contributed by atoms with Gasteiger partial charge in [-0.1, -0.05) is 61.9 Å². The Balaban J connectivity index is 1.90. The van der Waals surface area contributed by atoms with Gasteiger partial charge in [0.15, 0.2) is 0 Å². The molecule has 0 amide bonds. The van der Waals surface area contributed by atoms with Crippen molar-refractivity contribution in [2.45, 2.75) is 57.9 Å². The first-order chi connectivity index (χ1) is 9.50. The van der Waals surface area contributed by atoms with Crippen molar-refractivity contribution in [3.05, 3.63) is 29.8 Å². The Morgan fingerprint density at radius 1 is 1.10 bits per heavy atom. The monoisotopic (exact) mass is 291 g/mol. The molecule has 1 fully saturated rings. The van der Waals surface area contributed by atoms with Crippen molar-refractivity contribution < 1.29 is 5.11 Å². The number of rotatable bonds is 5. The molecule has 20 heavy (non-hydrogen) atoms. The molecule has 2 N–H and O–H groups in total. The number of hydrogen-bond donors (Lipinski definition) is 2. The van der Waals surface area contributed by atoms with Gasteiger partial charge in [-0.3, -0.25) is 0 Å². The quantitative estimate of drug-likeness (QED) is 0.818. The van der Waals surface area contributed by atoms with Crippen molar-refractivity contribution in [3.8, 4) is 0 Å². The number of aliphatic hydroxyl groups is 1. The Labute approximate surface area is 124 Å². The van der Waals surface area contributed by atoms with E-state index in [0.717, 1.165) is 6.54 Å². The normalized spacial score (nSPS) is 23.8. The Kier molecular flexibility index (Phi) is 5.41. The lowest BCUT2D eigenvalue weighted by molar-refractivity contribution is 0.152. The molecule has 2 atom stereocenters. The van der Waals surface area contributed by atoms with Gasteiger partial charge in [0.2, 0.25) is 0 Å². The molecule has 0 bridgehead atoms. The second kappa shape index (κ2) is 6.88. The Hall–Kier alpha value is -0.643. The minimum atomic E-state index is -1.18. The molecule has 1 aromatic rings. The predicted octanol–water partition coefficient (Wildman–Crippen LogP) is 2.87. The first-order valence-corrected chi connectivity index (χ1v) is 11.4. The molecule has 1 aromatic carbocycles. The fourth-order valence-corrected chi connectivity index (χ4v) is 4.23. The molecule has 0 spiro atoms. The number of nitrogens with one attached hydrogen (secondary N) is 1. The van der Waals surface area contributed by atoms with Crippen LogP contribution in [0.2, 0.25) is 19.6 Å². The van der Waals surface area contributed by atoms with Crippen LogP contribution in [-0.2, 0) is 6.54 Å². The fourth-order valence-electron chi connectivity index (χ4n) is 3.07. The minimum Gasteiger partial charge on any atom is -0.396 e. The summed E-state index contributed by atoms with van der Waals surface area (Å²) in [6.07, 6.45) is 4.94. The number of aliphatic hydroxyl groups excluding tert-OH is 1. The van der Waals surface area contributed by atoms with Crippen LogP contribution in [0, 0.1) is 5.92 Å². The molecule has 0 aromatic heterocycles. The van der Waals surface area contributed by atoms with Gasteiger partial charge in [-0.25, -0.2) is 0 Å². The van der Waals surface area contributed by atoms with Crippen LogP contribution in [0.4, 0.5) is 0 Å². The zero-order chi connectivity index (χ0) is 14.6. The van der Waals surface area contributed by atoms with E-state index in [-0.39, 0.29) is 0 Å². The summed E-state index contributed by atoms with van der Waals surface area (Å²) in [5, 5.41) is 14.6. The van der Waals surface area contributed by atoms with Gasteiger partial charge in [0.25, 0.3) is 0 Å². The zero-order valence-corrected chi connectivity index (χ0v) is 14.2. The molecule has 2 rings (SSSR count). The van der Waals surface area contributed by atoms with Crippen molar-refractivity contribution in [1.29, 1.82) is 0 Å². The summed E-state index contributed by atoms with van der Waals surface area (Å²) in [5.41, 5.74) is 1.36. The van der Waals surface area contributed by atoms with Crippen LogP contribution in [0.3, 0.4) is 0 Å².